The predicted molar refractivity (Wildman–Crippen MR) is 82.4 cm³/mol. The van der Waals surface area contributed by atoms with Gasteiger partial charge in [-0.1, -0.05) is 6.58 Å². The fourth-order valence-electron chi connectivity index (χ4n) is 5.23. The summed E-state index contributed by atoms with van der Waals surface area (Å²) in [5, 5.41) is 21.3. The first-order valence-corrected chi connectivity index (χ1v) is 8.11. The van der Waals surface area contributed by atoms with Crippen molar-refractivity contribution in [2.24, 2.45) is 5.92 Å². The van der Waals surface area contributed by atoms with Crippen LogP contribution in [0, 0.1) is 5.92 Å². The monoisotopic (exact) mass is 323 g/mol. The molecule has 0 heterocycles. The van der Waals surface area contributed by atoms with Gasteiger partial charge in [-0.25, -0.2) is 0 Å². The van der Waals surface area contributed by atoms with E-state index in [1.54, 1.807) is 6.92 Å². The minimum absolute atomic E-state index is 0.158. The van der Waals surface area contributed by atoms with Crippen LogP contribution in [0.5, 0.6) is 0 Å². The zero-order valence-corrected chi connectivity index (χ0v) is 13.8. The lowest BCUT2D eigenvalue weighted by atomic mass is 9.50. The van der Waals surface area contributed by atoms with Gasteiger partial charge >= 0.3 is 5.97 Å². The summed E-state index contributed by atoms with van der Waals surface area (Å²) in [6.45, 7) is 5.01. The van der Waals surface area contributed by atoms with Crippen LogP contribution in [0.15, 0.2) is 12.2 Å². The Balaban J connectivity index is 1.69. The lowest BCUT2D eigenvalue weighted by molar-refractivity contribution is -0.261. The third-order valence-electron chi connectivity index (χ3n) is 5.37. The van der Waals surface area contributed by atoms with E-state index < -0.39 is 22.8 Å². The molecule has 4 bridgehead atoms. The van der Waals surface area contributed by atoms with Crippen LogP contribution in [0.25, 0.3) is 0 Å². The molecule has 128 valence electrons. The molecule has 2 atom stereocenters. The Bertz CT molecular complexity index is 553. The van der Waals surface area contributed by atoms with Crippen molar-refractivity contribution in [3.8, 4) is 0 Å². The summed E-state index contributed by atoms with van der Waals surface area (Å²) in [6.07, 6.45) is 3.14. The number of ether oxygens (including phenoxy) is 1. The number of carbonyl (C=O) groups is 2. The van der Waals surface area contributed by atoms with Crippen LogP contribution in [-0.2, 0) is 14.3 Å². The van der Waals surface area contributed by atoms with Crippen LogP contribution in [0.3, 0.4) is 0 Å². The number of amides is 1. The Morgan fingerprint density at radius 2 is 1.74 bits per heavy atom. The van der Waals surface area contributed by atoms with Gasteiger partial charge in [0, 0.05) is 31.9 Å². The second kappa shape index (κ2) is 5.05. The van der Waals surface area contributed by atoms with E-state index in [0.29, 0.717) is 44.1 Å². The van der Waals surface area contributed by atoms with Crippen molar-refractivity contribution < 1.29 is 24.5 Å². The molecular formula is C17H25NO5. The Labute approximate surface area is 136 Å². The minimum Gasteiger partial charge on any atom is -0.458 e. The summed E-state index contributed by atoms with van der Waals surface area (Å²) >= 11 is 0. The van der Waals surface area contributed by atoms with E-state index in [4.69, 9.17) is 4.74 Å². The third-order valence-corrected chi connectivity index (χ3v) is 5.37. The molecule has 1 amide bonds. The van der Waals surface area contributed by atoms with E-state index >= 15 is 0 Å². The van der Waals surface area contributed by atoms with Gasteiger partial charge < -0.3 is 19.8 Å². The molecule has 0 radical (unpaired) electrons. The molecule has 4 aliphatic carbocycles. The number of esters is 1. The molecule has 4 rings (SSSR count). The molecule has 4 fully saturated rings. The van der Waals surface area contributed by atoms with Crippen molar-refractivity contribution in [2.75, 3.05) is 13.6 Å². The Kier molecular flexibility index (Phi) is 3.61. The summed E-state index contributed by atoms with van der Waals surface area (Å²) in [7, 11) is 1.53. The summed E-state index contributed by atoms with van der Waals surface area (Å²) in [4.78, 5) is 25.3. The van der Waals surface area contributed by atoms with Gasteiger partial charge in [-0.05, 0) is 32.1 Å². The molecule has 2 N–H and O–H groups in total. The zero-order chi connectivity index (χ0) is 17.0. The van der Waals surface area contributed by atoms with Gasteiger partial charge in [0.2, 0.25) is 5.91 Å². The normalized spacial score (nSPS) is 40.8. The zero-order valence-electron chi connectivity index (χ0n) is 13.8. The summed E-state index contributed by atoms with van der Waals surface area (Å²) in [5.74, 6) is -0.621. The predicted octanol–water partition coefficient (Wildman–Crippen LogP) is 0.763. The molecule has 6 heteroatoms. The van der Waals surface area contributed by atoms with E-state index in [2.05, 4.69) is 6.58 Å². The van der Waals surface area contributed by atoms with Gasteiger partial charge in [0.1, 0.15) is 12.1 Å². The van der Waals surface area contributed by atoms with E-state index in [1.165, 1.54) is 11.9 Å². The molecule has 0 aromatic heterocycles. The third kappa shape index (κ3) is 3.02. The summed E-state index contributed by atoms with van der Waals surface area (Å²) in [5.41, 5.74) is -2.31. The van der Waals surface area contributed by atoms with Crippen molar-refractivity contribution in [3.05, 3.63) is 12.2 Å². The molecule has 0 aromatic carbocycles. The Morgan fingerprint density at radius 1 is 1.17 bits per heavy atom. The highest BCUT2D eigenvalue weighted by molar-refractivity contribution is 5.94. The van der Waals surface area contributed by atoms with E-state index in [0.717, 1.165) is 0 Å². The first-order chi connectivity index (χ1) is 10.5. The maximum atomic E-state index is 12.3. The van der Waals surface area contributed by atoms with Crippen LogP contribution in [0.4, 0.5) is 0 Å². The van der Waals surface area contributed by atoms with Crippen LogP contribution in [0.2, 0.25) is 0 Å². The number of hydrogen-bond acceptors (Lipinski definition) is 5. The van der Waals surface area contributed by atoms with Gasteiger partial charge in [-0.15, -0.1) is 0 Å². The highest BCUT2D eigenvalue weighted by Gasteiger charge is 2.64. The lowest BCUT2D eigenvalue weighted by Gasteiger charge is -2.62. The first kappa shape index (κ1) is 16.5. The van der Waals surface area contributed by atoms with Gasteiger partial charge in [0.25, 0.3) is 0 Å². The molecule has 0 aromatic rings. The molecule has 2 unspecified atom stereocenters. The molecular weight excluding hydrogens is 298 g/mol. The van der Waals surface area contributed by atoms with Crippen LogP contribution < -0.4 is 0 Å². The SMILES string of the molecule is C=C(C)C(=O)N(C)CC(=O)OC12CC3CC(O)(CC(O)(C3)C1)C2. The molecule has 0 saturated heterocycles. The van der Waals surface area contributed by atoms with Gasteiger partial charge in [0.05, 0.1) is 11.2 Å². The van der Waals surface area contributed by atoms with Gasteiger partial charge in [-0.2, -0.15) is 0 Å². The molecule has 0 spiro atoms. The fourth-order valence-corrected chi connectivity index (χ4v) is 5.23. The van der Waals surface area contributed by atoms with Crippen LogP contribution in [0.1, 0.15) is 45.4 Å². The molecule has 6 nitrogen and oxygen atoms in total. The number of carbonyl (C=O) groups excluding carboxylic acids is 2. The van der Waals surface area contributed by atoms with Gasteiger partial charge in [0.15, 0.2) is 0 Å². The van der Waals surface area contributed by atoms with E-state index in [9.17, 15) is 19.8 Å². The second-order valence-electron chi connectivity index (χ2n) is 8.06. The standard InChI is InChI=1S/C17H25NO5/c1-11(2)14(20)18(3)7-13(19)23-17-6-12-4-15(21,9-17)8-16(22,5-12)10-17/h12,21-22H,1,4-10H2,2-3H3. The highest BCUT2D eigenvalue weighted by atomic mass is 16.6. The number of aliphatic hydroxyl groups is 2. The largest absolute Gasteiger partial charge is 0.458 e. The number of rotatable bonds is 4. The lowest BCUT2D eigenvalue weighted by Crippen LogP contribution is -2.67. The average Bonchev–Trinajstić information content (AvgIpc) is 2.31. The van der Waals surface area contributed by atoms with Crippen molar-refractivity contribution in [1.29, 1.82) is 0 Å². The first-order valence-electron chi connectivity index (χ1n) is 8.11. The van der Waals surface area contributed by atoms with Crippen LogP contribution in [-0.4, -0.2) is 57.4 Å². The number of likely N-dealkylation sites (N-methyl/N-ethyl adjacent to an activating group) is 1. The van der Waals surface area contributed by atoms with Crippen molar-refractivity contribution in [2.45, 2.75) is 62.3 Å². The van der Waals surface area contributed by atoms with E-state index in [-0.39, 0.29) is 18.4 Å². The fraction of sp³-hybridized carbons (Fsp3) is 0.765. The van der Waals surface area contributed by atoms with Crippen LogP contribution >= 0.6 is 0 Å². The molecule has 23 heavy (non-hydrogen) atoms. The second-order valence-corrected chi connectivity index (χ2v) is 8.06. The smallest absolute Gasteiger partial charge is 0.326 e. The average molecular weight is 323 g/mol. The van der Waals surface area contributed by atoms with Crippen molar-refractivity contribution >= 4 is 11.9 Å². The quantitative estimate of drug-likeness (QED) is 0.589. The highest BCUT2D eigenvalue weighted by Crippen LogP contribution is 2.60. The molecule has 0 aliphatic heterocycles. The maximum Gasteiger partial charge on any atom is 0.326 e. The Hall–Kier alpha value is -1.40. The number of nitrogens with zero attached hydrogens (tertiary/aromatic N) is 1. The number of hydrogen-bond donors (Lipinski definition) is 2. The van der Waals surface area contributed by atoms with Gasteiger partial charge in [-0.3, -0.25) is 9.59 Å². The maximum absolute atomic E-state index is 12.3. The van der Waals surface area contributed by atoms with Crippen molar-refractivity contribution in [1.82, 2.24) is 4.90 Å². The topological polar surface area (TPSA) is 87.1 Å². The van der Waals surface area contributed by atoms with E-state index in [1.807, 2.05) is 0 Å². The Morgan fingerprint density at radius 3 is 2.22 bits per heavy atom. The summed E-state index contributed by atoms with van der Waals surface area (Å²) in [6, 6.07) is 0. The molecule has 4 saturated carbocycles. The minimum atomic E-state index is -0.937. The molecule has 4 aliphatic rings. The van der Waals surface area contributed by atoms with Crippen molar-refractivity contribution in [3.63, 3.8) is 0 Å². The summed E-state index contributed by atoms with van der Waals surface area (Å²) < 4.78 is 5.70.